The summed E-state index contributed by atoms with van der Waals surface area (Å²) in [7, 11) is 1.74. The molecular weight excluding hydrogens is 400 g/mol. The van der Waals surface area contributed by atoms with Crippen molar-refractivity contribution in [1.82, 2.24) is 14.7 Å². The zero-order valence-corrected chi connectivity index (χ0v) is 19.0. The van der Waals surface area contributed by atoms with Gasteiger partial charge in [-0.3, -0.25) is 14.3 Å². The van der Waals surface area contributed by atoms with Crippen LogP contribution in [-0.2, 0) is 24.6 Å². The Bertz CT molecular complexity index is 950. The summed E-state index contributed by atoms with van der Waals surface area (Å²) in [6.07, 6.45) is 4.49. The Morgan fingerprint density at radius 2 is 2.00 bits per heavy atom. The molecule has 0 saturated carbocycles. The number of carbonyl (C=O) groups is 2. The lowest BCUT2D eigenvalue weighted by atomic mass is 9.72. The summed E-state index contributed by atoms with van der Waals surface area (Å²) < 4.78 is 6.96. The number of hydrogen-bond donors (Lipinski definition) is 1. The van der Waals surface area contributed by atoms with Gasteiger partial charge in [0.05, 0.1) is 18.8 Å². The number of aryl methyl sites for hydroxylation is 1. The standard InChI is InChI=1S/C22H30N4O3S/c1-22(2,3)14-5-6-15-17(13-14)30-20(24-19(27)16-7-8-23-25(16)4)18(15)21(28)26-9-11-29-12-10-26/h7-8,14H,5-6,9-13H2,1-4H3,(H,24,27). The number of ether oxygens (including phenoxy) is 1. The molecule has 2 aromatic rings. The number of thiophene rings is 1. The number of nitrogens with zero attached hydrogens (tertiary/aromatic N) is 3. The van der Waals surface area contributed by atoms with Gasteiger partial charge in [-0.2, -0.15) is 5.10 Å². The molecule has 2 aliphatic rings. The predicted molar refractivity (Wildman–Crippen MR) is 117 cm³/mol. The van der Waals surface area contributed by atoms with Gasteiger partial charge in [0.2, 0.25) is 0 Å². The van der Waals surface area contributed by atoms with Crippen LogP contribution in [0.15, 0.2) is 12.3 Å². The van der Waals surface area contributed by atoms with Crippen molar-refractivity contribution in [3.8, 4) is 0 Å². The molecule has 162 valence electrons. The van der Waals surface area contributed by atoms with Crippen LogP contribution in [0.25, 0.3) is 0 Å². The number of rotatable bonds is 3. The minimum atomic E-state index is -0.239. The molecule has 0 radical (unpaired) electrons. The summed E-state index contributed by atoms with van der Waals surface area (Å²) in [4.78, 5) is 29.4. The fraction of sp³-hybridized carbons (Fsp3) is 0.591. The number of amides is 2. The van der Waals surface area contributed by atoms with Crippen LogP contribution in [-0.4, -0.2) is 52.8 Å². The van der Waals surface area contributed by atoms with E-state index in [9.17, 15) is 9.59 Å². The lowest BCUT2D eigenvalue weighted by Gasteiger charge is -2.34. The normalized spacial score (nSPS) is 19.5. The highest BCUT2D eigenvalue weighted by Gasteiger charge is 2.35. The van der Waals surface area contributed by atoms with E-state index in [1.54, 1.807) is 35.3 Å². The van der Waals surface area contributed by atoms with Gasteiger partial charge in [-0.05, 0) is 42.2 Å². The van der Waals surface area contributed by atoms with E-state index in [4.69, 9.17) is 4.74 Å². The Hall–Kier alpha value is -2.19. The van der Waals surface area contributed by atoms with Crippen LogP contribution in [0.4, 0.5) is 5.00 Å². The number of carbonyl (C=O) groups excluding carboxylic acids is 2. The molecule has 1 N–H and O–H groups in total. The molecule has 0 aromatic carbocycles. The molecule has 1 saturated heterocycles. The highest BCUT2D eigenvalue weighted by molar-refractivity contribution is 7.17. The van der Waals surface area contributed by atoms with Crippen LogP contribution in [0.2, 0.25) is 0 Å². The quantitative estimate of drug-likeness (QED) is 0.810. The topological polar surface area (TPSA) is 76.5 Å². The van der Waals surface area contributed by atoms with Crippen LogP contribution >= 0.6 is 11.3 Å². The largest absolute Gasteiger partial charge is 0.378 e. The minimum absolute atomic E-state index is 0.00492. The molecule has 1 aliphatic carbocycles. The average molecular weight is 431 g/mol. The summed E-state index contributed by atoms with van der Waals surface area (Å²) >= 11 is 1.57. The van der Waals surface area contributed by atoms with Crippen LogP contribution < -0.4 is 5.32 Å². The summed E-state index contributed by atoms with van der Waals surface area (Å²) in [6, 6.07) is 1.68. The first-order chi connectivity index (χ1) is 14.3. The van der Waals surface area contributed by atoms with Gasteiger partial charge in [-0.15, -0.1) is 11.3 Å². The van der Waals surface area contributed by atoms with Gasteiger partial charge >= 0.3 is 0 Å². The van der Waals surface area contributed by atoms with Gasteiger partial charge in [0.1, 0.15) is 10.7 Å². The van der Waals surface area contributed by atoms with E-state index >= 15 is 0 Å². The summed E-state index contributed by atoms with van der Waals surface area (Å²) in [6.45, 7) is 9.12. The van der Waals surface area contributed by atoms with Crippen molar-refractivity contribution in [2.75, 3.05) is 31.6 Å². The van der Waals surface area contributed by atoms with Gasteiger partial charge in [0.15, 0.2) is 0 Å². The second-order valence-corrected chi connectivity index (χ2v) is 10.3. The Morgan fingerprint density at radius 1 is 1.27 bits per heavy atom. The molecule has 1 unspecified atom stereocenters. The van der Waals surface area contributed by atoms with Crippen molar-refractivity contribution in [2.45, 2.75) is 40.0 Å². The van der Waals surface area contributed by atoms with Crippen molar-refractivity contribution in [1.29, 1.82) is 0 Å². The highest BCUT2D eigenvalue weighted by atomic mass is 32.1. The Balaban J connectivity index is 1.69. The van der Waals surface area contributed by atoms with Crippen molar-refractivity contribution in [3.05, 3.63) is 34.0 Å². The van der Waals surface area contributed by atoms with Crippen LogP contribution in [0.3, 0.4) is 0 Å². The number of anilines is 1. The molecule has 7 nitrogen and oxygen atoms in total. The van der Waals surface area contributed by atoms with Crippen LogP contribution in [0.1, 0.15) is 58.5 Å². The molecule has 1 fully saturated rings. The van der Waals surface area contributed by atoms with E-state index < -0.39 is 0 Å². The third-order valence-electron chi connectivity index (χ3n) is 6.28. The molecule has 0 spiro atoms. The van der Waals surface area contributed by atoms with Crippen molar-refractivity contribution in [3.63, 3.8) is 0 Å². The second-order valence-electron chi connectivity index (χ2n) is 9.21. The van der Waals surface area contributed by atoms with Gasteiger partial charge in [0.25, 0.3) is 11.8 Å². The van der Waals surface area contributed by atoms with E-state index in [0.29, 0.717) is 48.5 Å². The molecule has 1 aliphatic heterocycles. The lowest BCUT2D eigenvalue weighted by molar-refractivity contribution is 0.0303. The molecule has 1 atom stereocenters. The molecule has 30 heavy (non-hydrogen) atoms. The first-order valence-corrected chi connectivity index (χ1v) is 11.4. The zero-order chi connectivity index (χ0) is 21.5. The fourth-order valence-electron chi connectivity index (χ4n) is 4.33. The van der Waals surface area contributed by atoms with Gasteiger partial charge in [-0.25, -0.2) is 0 Å². The smallest absolute Gasteiger partial charge is 0.274 e. The molecular formula is C22H30N4O3S. The SMILES string of the molecule is Cn1nccc1C(=O)Nc1sc2c(c1C(=O)N1CCOCC1)CCC(C(C)(C)C)C2. The maximum Gasteiger partial charge on any atom is 0.274 e. The molecule has 2 aromatic heterocycles. The first-order valence-electron chi connectivity index (χ1n) is 10.6. The number of aromatic nitrogens is 2. The third kappa shape index (κ3) is 4.03. The maximum atomic E-state index is 13.5. The van der Waals surface area contributed by atoms with Gasteiger partial charge in [-0.1, -0.05) is 20.8 Å². The van der Waals surface area contributed by atoms with E-state index in [1.165, 1.54) is 4.88 Å². The second kappa shape index (κ2) is 8.15. The van der Waals surface area contributed by atoms with Crippen LogP contribution in [0, 0.1) is 11.3 Å². The van der Waals surface area contributed by atoms with E-state index in [0.717, 1.165) is 24.8 Å². The summed E-state index contributed by atoms with van der Waals surface area (Å²) in [5.74, 6) is 0.331. The zero-order valence-electron chi connectivity index (χ0n) is 18.2. The molecule has 0 bridgehead atoms. The Labute approximate surface area is 181 Å². The van der Waals surface area contributed by atoms with Gasteiger partial charge in [0, 0.05) is 31.2 Å². The molecule has 3 heterocycles. The maximum absolute atomic E-state index is 13.5. The lowest BCUT2D eigenvalue weighted by Crippen LogP contribution is -2.41. The van der Waals surface area contributed by atoms with Crippen LogP contribution in [0.5, 0.6) is 0 Å². The Morgan fingerprint density at radius 3 is 2.63 bits per heavy atom. The fourth-order valence-corrected chi connectivity index (χ4v) is 5.64. The third-order valence-corrected chi connectivity index (χ3v) is 7.45. The minimum Gasteiger partial charge on any atom is -0.378 e. The van der Waals surface area contributed by atoms with E-state index in [-0.39, 0.29) is 17.2 Å². The Kier molecular flexibility index (Phi) is 5.72. The monoisotopic (exact) mass is 430 g/mol. The predicted octanol–water partition coefficient (Wildman–Crippen LogP) is 3.36. The molecule has 8 heteroatoms. The van der Waals surface area contributed by atoms with E-state index in [2.05, 4.69) is 31.2 Å². The number of morpholine rings is 1. The molecule has 4 rings (SSSR count). The number of fused-ring (bicyclic) bond motifs is 1. The van der Waals surface area contributed by atoms with Crippen molar-refractivity contribution >= 4 is 28.2 Å². The molecule has 2 amide bonds. The summed E-state index contributed by atoms with van der Waals surface area (Å²) in [5.41, 5.74) is 2.49. The average Bonchev–Trinajstić information content (AvgIpc) is 3.29. The van der Waals surface area contributed by atoms with E-state index in [1.807, 2.05) is 4.90 Å². The van der Waals surface area contributed by atoms with Crippen molar-refractivity contribution in [2.24, 2.45) is 18.4 Å². The number of nitrogens with one attached hydrogen (secondary N) is 1. The van der Waals surface area contributed by atoms with Crippen molar-refractivity contribution < 1.29 is 14.3 Å². The van der Waals surface area contributed by atoms with Gasteiger partial charge < -0.3 is 15.0 Å². The number of hydrogen-bond acceptors (Lipinski definition) is 5. The highest BCUT2D eigenvalue weighted by Crippen LogP contribution is 2.44. The first kappa shape index (κ1) is 21.1. The summed E-state index contributed by atoms with van der Waals surface area (Å²) in [5, 5.41) is 7.77.